The number of carbonyl (C=O) groups excluding carboxylic acids is 2. The van der Waals surface area contributed by atoms with Crippen LogP contribution in [0.15, 0.2) is 0 Å². The first-order valence-electron chi connectivity index (χ1n) is 7.34. The first-order chi connectivity index (χ1) is 10.0. The summed E-state index contributed by atoms with van der Waals surface area (Å²) in [6.07, 6.45) is 4.40. The summed E-state index contributed by atoms with van der Waals surface area (Å²) in [5.41, 5.74) is 0.810. The summed E-state index contributed by atoms with van der Waals surface area (Å²) in [6, 6.07) is 0.267. The topological polar surface area (TPSA) is 86.1 Å². The molecule has 1 aromatic rings. The fourth-order valence-corrected chi connectivity index (χ4v) is 2.73. The lowest BCUT2D eigenvalue weighted by molar-refractivity contribution is -0.122. The van der Waals surface area contributed by atoms with E-state index in [0.29, 0.717) is 5.69 Å². The third-order valence-electron chi connectivity index (χ3n) is 3.71. The Morgan fingerprint density at radius 1 is 1.38 bits per heavy atom. The zero-order valence-electron chi connectivity index (χ0n) is 12.8. The normalized spacial score (nSPS) is 15.4. The Balaban J connectivity index is 2.10. The van der Waals surface area contributed by atoms with Gasteiger partial charge < -0.3 is 10.1 Å². The van der Waals surface area contributed by atoms with Crippen molar-refractivity contribution in [3.05, 3.63) is 11.4 Å². The van der Waals surface area contributed by atoms with E-state index in [-0.39, 0.29) is 30.1 Å². The third-order valence-corrected chi connectivity index (χ3v) is 3.71. The van der Waals surface area contributed by atoms with Gasteiger partial charge in [-0.15, -0.1) is 5.10 Å². The van der Waals surface area contributed by atoms with Gasteiger partial charge in [-0.3, -0.25) is 4.79 Å². The van der Waals surface area contributed by atoms with Gasteiger partial charge in [-0.2, -0.15) is 0 Å². The molecule has 7 nitrogen and oxygen atoms in total. The molecular weight excluding hydrogens is 272 g/mol. The van der Waals surface area contributed by atoms with E-state index < -0.39 is 5.97 Å². The van der Waals surface area contributed by atoms with Crippen molar-refractivity contribution < 1.29 is 14.3 Å². The van der Waals surface area contributed by atoms with Gasteiger partial charge >= 0.3 is 5.97 Å². The lowest BCUT2D eigenvalue weighted by Gasteiger charge is -2.14. The van der Waals surface area contributed by atoms with Gasteiger partial charge in [-0.25, -0.2) is 9.48 Å². The van der Waals surface area contributed by atoms with Crippen LogP contribution in [0.1, 0.15) is 61.6 Å². The fourth-order valence-electron chi connectivity index (χ4n) is 2.73. The number of methoxy groups -OCH3 is 1. The Morgan fingerprint density at radius 2 is 2.05 bits per heavy atom. The molecule has 0 atom stereocenters. The number of carbonyl (C=O) groups is 2. The van der Waals surface area contributed by atoms with Crippen LogP contribution in [0, 0.1) is 0 Å². The average Bonchev–Trinajstić information content (AvgIpc) is 3.07. The molecule has 1 aromatic heterocycles. The Hall–Kier alpha value is -1.92. The zero-order valence-corrected chi connectivity index (χ0v) is 12.8. The second-order valence-electron chi connectivity index (χ2n) is 5.68. The van der Waals surface area contributed by atoms with E-state index in [2.05, 4.69) is 15.6 Å². The molecular formula is C14H22N4O3. The van der Waals surface area contributed by atoms with Crippen LogP contribution in [0.2, 0.25) is 0 Å². The van der Waals surface area contributed by atoms with Crippen molar-refractivity contribution in [2.75, 3.05) is 7.11 Å². The summed E-state index contributed by atoms with van der Waals surface area (Å²) in [7, 11) is 1.30. The van der Waals surface area contributed by atoms with Gasteiger partial charge in [0.25, 0.3) is 0 Å². The van der Waals surface area contributed by atoms with E-state index in [1.54, 1.807) is 0 Å². The Bertz CT molecular complexity index is 518. The molecule has 1 saturated carbocycles. The van der Waals surface area contributed by atoms with Crippen molar-refractivity contribution in [3.63, 3.8) is 0 Å². The summed E-state index contributed by atoms with van der Waals surface area (Å²) in [5.74, 6) is -0.598. The monoisotopic (exact) mass is 294 g/mol. The van der Waals surface area contributed by atoms with Crippen LogP contribution in [0.3, 0.4) is 0 Å². The maximum atomic E-state index is 12.1. The van der Waals surface area contributed by atoms with Crippen molar-refractivity contribution in [2.24, 2.45) is 0 Å². The number of hydrogen-bond acceptors (Lipinski definition) is 5. The first kappa shape index (κ1) is 15.5. The Labute approximate surface area is 124 Å². The maximum absolute atomic E-state index is 12.1. The van der Waals surface area contributed by atoms with Gasteiger partial charge in [-0.1, -0.05) is 31.9 Å². The predicted molar refractivity (Wildman–Crippen MR) is 75.8 cm³/mol. The molecule has 0 aromatic carbocycles. The molecule has 0 spiro atoms. The minimum absolute atomic E-state index is 0.0216. The Morgan fingerprint density at radius 3 is 2.62 bits per heavy atom. The quantitative estimate of drug-likeness (QED) is 0.826. The molecule has 0 unspecified atom stereocenters. The van der Waals surface area contributed by atoms with E-state index in [1.807, 2.05) is 13.8 Å². The van der Waals surface area contributed by atoms with Crippen molar-refractivity contribution in [1.29, 1.82) is 0 Å². The summed E-state index contributed by atoms with van der Waals surface area (Å²) in [6.45, 7) is 3.93. The molecule has 1 heterocycles. The van der Waals surface area contributed by atoms with Crippen LogP contribution in [0.5, 0.6) is 0 Å². The number of rotatable bonds is 5. The van der Waals surface area contributed by atoms with Crippen LogP contribution in [-0.4, -0.2) is 40.0 Å². The number of aromatic nitrogens is 3. The minimum Gasteiger partial charge on any atom is -0.464 e. The SMILES string of the molecule is COC(=O)c1nnn(CC(=O)NC2CCCC2)c1C(C)C. The summed E-state index contributed by atoms with van der Waals surface area (Å²) in [5, 5.41) is 10.8. The second kappa shape index (κ2) is 6.69. The van der Waals surface area contributed by atoms with Gasteiger partial charge in [0.2, 0.25) is 5.91 Å². The highest BCUT2D eigenvalue weighted by atomic mass is 16.5. The lowest BCUT2D eigenvalue weighted by atomic mass is 10.1. The van der Waals surface area contributed by atoms with Crippen molar-refractivity contribution in [3.8, 4) is 0 Å². The number of nitrogens with one attached hydrogen (secondary N) is 1. The molecule has 0 aliphatic heterocycles. The molecule has 0 radical (unpaired) electrons. The van der Waals surface area contributed by atoms with E-state index in [4.69, 9.17) is 4.74 Å². The molecule has 21 heavy (non-hydrogen) atoms. The third kappa shape index (κ3) is 3.59. The number of hydrogen-bond donors (Lipinski definition) is 1. The van der Waals surface area contributed by atoms with Crippen LogP contribution < -0.4 is 5.32 Å². The molecule has 7 heteroatoms. The van der Waals surface area contributed by atoms with Crippen LogP contribution in [-0.2, 0) is 16.1 Å². The van der Waals surface area contributed by atoms with Crippen LogP contribution in [0.4, 0.5) is 0 Å². The number of ether oxygens (including phenoxy) is 1. The maximum Gasteiger partial charge on any atom is 0.360 e. The molecule has 116 valence electrons. The number of esters is 1. The van der Waals surface area contributed by atoms with Crippen LogP contribution >= 0.6 is 0 Å². The van der Waals surface area contributed by atoms with Crippen molar-refractivity contribution in [2.45, 2.75) is 58.0 Å². The molecule has 1 aliphatic carbocycles. The van der Waals surface area contributed by atoms with Gasteiger partial charge in [-0.05, 0) is 18.8 Å². The van der Waals surface area contributed by atoms with E-state index in [9.17, 15) is 9.59 Å². The standard InChI is InChI=1S/C14H22N4O3/c1-9(2)13-12(14(20)21-3)16-17-18(13)8-11(19)15-10-6-4-5-7-10/h9-10H,4-8H2,1-3H3,(H,15,19). The largest absolute Gasteiger partial charge is 0.464 e. The van der Waals surface area contributed by atoms with E-state index in [0.717, 1.165) is 25.7 Å². The molecule has 1 aliphatic rings. The van der Waals surface area contributed by atoms with Crippen molar-refractivity contribution >= 4 is 11.9 Å². The van der Waals surface area contributed by atoms with Crippen molar-refractivity contribution in [1.82, 2.24) is 20.3 Å². The fraction of sp³-hybridized carbons (Fsp3) is 0.714. The number of nitrogens with zero attached hydrogens (tertiary/aromatic N) is 3. The highest BCUT2D eigenvalue weighted by molar-refractivity contribution is 5.88. The highest BCUT2D eigenvalue weighted by Crippen LogP contribution is 2.19. The molecule has 1 fully saturated rings. The van der Waals surface area contributed by atoms with Gasteiger partial charge in [0.15, 0.2) is 5.69 Å². The van der Waals surface area contributed by atoms with Gasteiger partial charge in [0.1, 0.15) is 6.54 Å². The lowest BCUT2D eigenvalue weighted by Crippen LogP contribution is -2.35. The smallest absolute Gasteiger partial charge is 0.360 e. The molecule has 1 N–H and O–H groups in total. The second-order valence-corrected chi connectivity index (χ2v) is 5.68. The molecule has 0 saturated heterocycles. The van der Waals surface area contributed by atoms with Gasteiger partial charge in [0, 0.05) is 6.04 Å². The molecule has 2 rings (SSSR count). The van der Waals surface area contributed by atoms with E-state index >= 15 is 0 Å². The zero-order chi connectivity index (χ0) is 15.4. The Kier molecular flexibility index (Phi) is 4.93. The predicted octanol–water partition coefficient (Wildman–Crippen LogP) is 1.25. The number of amides is 1. The van der Waals surface area contributed by atoms with Gasteiger partial charge in [0.05, 0.1) is 12.8 Å². The summed E-state index contributed by atoms with van der Waals surface area (Å²) in [4.78, 5) is 23.8. The molecule has 1 amide bonds. The minimum atomic E-state index is -0.527. The summed E-state index contributed by atoms with van der Waals surface area (Å²) < 4.78 is 6.19. The highest BCUT2D eigenvalue weighted by Gasteiger charge is 2.24. The molecule has 0 bridgehead atoms. The van der Waals surface area contributed by atoms with Crippen LogP contribution in [0.25, 0.3) is 0 Å². The van der Waals surface area contributed by atoms with E-state index in [1.165, 1.54) is 11.8 Å². The first-order valence-corrected chi connectivity index (χ1v) is 7.34. The average molecular weight is 294 g/mol. The summed E-state index contributed by atoms with van der Waals surface area (Å²) >= 11 is 0.